The van der Waals surface area contributed by atoms with Gasteiger partial charge in [-0.05, 0) is 30.0 Å². The molecule has 6 heteroatoms. The van der Waals surface area contributed by atoms with E-state index in [-0.39, 0.29) is 11.3 Å². The highest BCUT2D eigenvalue weighted by Crippen LogP contribution is 2.25. The summed E-state index contributed by atoms with van der Waals surface area (Å²) in [5.74, 6) is -1.11. The number of benzene rings is 1. The van der Waals surface area contributed by atoms with E-state index < -0.39 is 11.7 Å². The van der Waals surface area contributed by atoms with E-state index in [4.69, 9.17) is 11.5 Å². The highest BCUT2D eigenvalue weighted by atomic mass is 32.1. The Morgan fingerprint density at radius 1 is 1.45 bits per heavy atom. The summed E-state index contributed by atoms with van der Waals surface area (Å²) in [7, 11) is 1.77. The Hall–Kier alpha value is -2.08. The van der Waals surface area contributed by atoms with E-state index in [0.29, 0.717) is 12.2 Å². The molecule has 0 fully saturated rings. The average molecular weight is 293 g/mol. The van der Waals surface area contributed by atoms with Crippen LogP contribution in [0.5, 0.6) is 0 Å². The lowest BCUT2D eigenvalue weighted by atomic mass is 10.1. The van der Waals surface area contributed by atoms with Crippen LogP contribution in [0.1, 0.15) is 15.2 Å². The van der Waals surface area contributed by atoms with Gasteiger partial charge in [-0.1, -0.05) is 6.07 Å². The molecule has 0 aliphatic heterocycles. The Balaban J connectivity index is 2.18. The summed E-state index contributed by atoms with van der Waals surface area (Å²) in [5.41, 5.74) is 11.3. The Morgan fingerprint density at radius 3 is 2.80 bits per heavy atom. The predicted molar refractivity (Wildman–Crippen MR) is 80.6 cm³/mol. The van der Waals surface area contributed by atoms with E-state index >= 15 is 0 Å². The minimum absolute atomic E-state index is 0.0606. The molecule has 20 heavy (non-hydrogen) atoms. The molecule has 0 saturated carbocycles. The number of amides is 1. The van der Waals surface area contributed by atoms with Crippen molar-refractivity contribution in [1.29, 1.82) is 0 Å². The summed E-state index contributed by atoms with van der Waals surface area (Å²) in [6.45, 7) is 0.638. The van der Waals surface area contributed by atoms with E-state index in [1.54, 1.807) is 23.3 Å². The molecule has 0 aliphatic carbocycles. The van der Waals surface area contributed by atoms with Crippen molar-refractivity contribution in [3.63, 3.8) is 0 Å². The van der Waals surface area contributed by atoms with Gasteiger partial charge in [0.25, 0.3) is 5.91 Å². The summed E-state index contributed by atoms with van der Waals surface area (Å²) in [4.78, 5) is 14.2. The van der Waals surface area contributed by atoms with Gasteiger partial charge in [-0.15, -0.1) is 11.3 Å². The standard InChI is InChI=1S/C14H16FN3OS/c1-18(5-4-9-3-2-6-20-9)13-7-10(14(17)19)12(16)8-11(13)15/h2-3,6-8H,4-5,16H2,1H3,(H2,17,19). The van der Waals surface area contributed by atoms with Crippen molar-refractivity contribution in [2.24, 2.45) is 5.73 Å². The molecular weight excluding hydrogens is 277 g/mol. The third kappa shape index (κ3) is 3.08. The first-order valence-electron chi connectivity index (χ1n) is 6.11. The van der Waals surface area contributed by atoms with Crippen molar-refractivity contribution >= 4 is 28.6 Å². The third-order valence-corrected chi connectivity index (χ3v) is 4.01. The number of hydrogen-bond donors (Lipinski definition) is 2. The fourth-order valence-corrected chi connectivity index (χ4v) is 2.63. The zero-order valence-electron chi connectivity index (χ0n) is 11.1. The maximum Gasteiger partial charge on any atom is 0.250 e. The minimum atomic E-state index is -0.657. The predicted octanol–water partition coefficient (Wildman–Crippen LogP) is 2.25. The molecule has 2 rings (SSSR count). The lowest BCUT2D eigenvalue weighted by molar-refractivity contribution is 0.100. The average Bonchev–Trinajstić information content (AvgIpc) is 2.88. The van der Waals surface area contributed by atoms with Gasteiger partial charge in [-0.3, -0.25) is 4.79 Å². The van der Waals surface area contributed by atoms with E-state index in [1.807, 2.05) is 17.5 Å². The monoisotopic (exact) mass is 293 g/mol. The van der Waals surface area contributed by atoms with E-state index in [1.165, 1.54) is 10.9 Å². The van der Waals surface area contributed by atoms with Crippen molar-refractivity contribution in [2.45, 2.75) is 6.42 Å². The molecule has 1 amide bonds. The van der Waals surface area contributed by atoms with Crippen LogP contribution in [0.4, 0.5) is 15.8 Å². The fraction of sp³-hybridized carbons (Fsp3) is 0.214. The second-order valence-electron chi connectivity index (χ2n) is 4.51. The number of thiophene rings is 1. The number of anilines is 2. The lowest BCUT2D eigenvalue weighted by Gasteiger charge is -2.20. The normalized spacial score (nSPS) is 10.5. The SMILES string of the molecule is CN(CCc1cccs1)c1cc(C(N)=O)c(N)cc1F. The van der Waals surface area contributed by atoms with Gasteiger partial charge in [-0.2, -0.15) is 0 Å². The van der Waals surface area contributed by atoms with Crippen LogP contribution in [0.15, 0.2) is 29.6 Å². The second kappa shape index (κ2) is 5.92. The molecule has 0 spiro atoms. The van der Waals surface area contributed by atoms with Gasteiger partial charge in [-0.25, -0.2) is 4.39 Å². The largest absolute Gasteiger partial charge is 0.398 e. The van der Waals surface area contributed by atoms with E-state index in [0.717, 1.165) is 12.5 Å². The topological polar surface area (TPSA) is 72.3 Å². The van der Waals surface area contributed by atoms with Crippen molar-refractivity contribution in [3.05, 3.63) is 45.9 Å². The number of nitrogen functional groups attached to an aromatic ring is 1. The fourth-order valence-electron chi connectivity index (χ4n) is 1.94. The van der Waals surface area contributed by atoms with Gasteiger partial charge in [0.05, 0.1) is 11.3 Å². The molecule has 0 radical (unpaired) electrons. The summed E-state index contributed by atoms with van der Waals surface area (Å²) in [6, 6.07) is 6.56. The molecular formula is C14H16FN3OS. The molecule has 4 N–H and O–H groups in total. The zero-order valence-corrected chi connectivity index (χ0v) is 11.9. The van der Waals surface area contributed by atoms with E-state index in [9.17, 15) is 9.18 Å². The first-order chi connectivity index (χ1) is 9.49. The van der Waals surface area contributed by atoms with Gasteiger partial charge in [0.1, 0.15) is 5.82 Å². The number of carbonyl (C=O) groups excluding carboxylic acids is 1. The summed E-state index contributed by atoms with van der Waals surface area (Å²) in [5, 5.41) is 2.00. The molecule has 0 atom stereocenters. The first kappa shape index (κ1) is 14.3. The zero-order chi connectivity index (χ0) is 14.7. The maximum atomic E-state index is 13.9. The van der Waals surface area contributed by atoms with Gasteiger partial charge in [0.15, 0.2) is 0 Å². The highest BCUT2D eigenvalue weighted by Gasteiger charge is 2.14. The van der Waals surface area contributed by atoms with Crippen LogP contribution in [0.25, 0.3) is 0 Å². The summed E-state index contributed by atoms with van der Waals surface area (Å²) >= 11 is 1.66. The van der Waals surface area contributed by atoms with Crippen LogP contribution >= 0.6 is 11.3 Å². The van der Waals surface area contributed by atoms with Crippen LogP contribution in [-0.2, 0) is 6.42 Å². The number of primary amides is 1. The molecule has 1 aromatic heterocycles. The first-order valence-corrected chi connectivity index (χ1v) is 6.99. The lowest BCUT2D eigenvalue weighted by Crippen LogP contribution is -2.23. The quantitative estimate of drug-likeness (QED) is 0.830. The molecule has 1 heterocycles. The summed E-state index contributed by atoms with van der Waals surface area (Å²) in [6.07, 6.45) is 0.809. The number of nitrogens with zero attached hydrogens (tertiary/aromatic N) is 1. The third-order valence-electron chi connectivity index (χ3n) is 3.07. The molecule has 4 nitrogen and oxygen atoms in total. The van der Waals surface area contributed by atoms with Crippen molar-refractivity contribution in [2.75, 3.05) is 24.2 Å². The minimum Gasteiger partial charge on any atom is -0.398 e. The van der Waals surface area contributed by atoms with Gasteiger partial charge >= 0.3 is 0 Å². The van der Waals surface area contributed by atoms with Crippen LogP contribution in [0.3, 0.4) is 0 Å². The molecule has 0 bridgehead atoms. The highest BCUT2D eigenvalue weighted by molar-refractivity contribution is 7.09. The molecule has 0 unspecified atom stereocenters. The number of nitrogens with two attached hydrogens (primary N) is 2. The smallest absolute Gasteiger partial charge is 0.250 e. The molecule has 2 aromatic rings. The molecule has 1 aromatic carbocycles. The van der Waals surface area contributed by atoms with E-state index in [2.05, 4.69) is 0 Å². The Morgan fingerprint density at radius 2 is 2.20 bits per heavy atom. The van der Waals surface area contributed by atoms with Gasteiger partial charge < -0.3 is 16.4 Å². The number of halogens is 1. The second-order valence-corrected chi connectivity index (χ2v) is 5.54. The van der Waals surface area contributed by atoms with Crippen molar-refractivity contribution < 1.29 is 9.18 Å². The number of rotatable bonds is 5. The van der Waals surface area contributed by atoms with Gasteiger partial charge in [0, 0.05) is 24.2 Å². The van der Waals surface area contributed by atoms with Crippen molar-refractivity contribution in [3.8, 4) is 0 Å². The number of hydrogen-bond acceptors (Lipinski definition) is 4. The molecule has 0 aliphatic rings. The van der Waals surface area contributed by atoms with Gasteiger partial charge in [0.2, 0.25) is 0 Å². The molecule has 0 saturated heterocycles. The Bertz CT molecular complexity index is 613. The summed E-state index contributed by atoms with van der Waals surface area (Å²) < 4.78 is 13.9. The number of likely N-dealkylation sites (N-methyl/N-ethyl adjacent to an activating group) is 1. The maximum absolute atomic E-state index is 13.9. The van der Waals surface area contributed by atoms with Crippen LogP contribution in [0.2, 0.25) is 0 Å². The Labute approximate surface area is 120 Å². The van der Waals surface area contributed by atoms with Crippen LogP contribution in [-0.4, -0.2) is 19.5 Å². The van der Waals surface area contributed by atoms with Crippen LogP contribution < -0.4 is 16.4 Å². The van der Waals surface area contributed by atoms with Crippen LogP contribution in [0, 0.1) is 5.82 Å². The number of carbonyl (C=O) groups is 1. The molecule has 106 valence electrons. The van der Waals surface area contributed by atoms with Crippen molar-refractivity contribution in [1.82, 2.24) is 0 Å². The Kier molecular flexibility index (Phi) is 4.24.